The molecule has 0 atom stereocenters. The maximum Gasteiger partial charge on any atom is 0.291 e. The Morgan fingerprint density at radius 1 is 0.950 bits per heavy atom. The number of hydrogen-bond donors (Lipinski definition) is 2. The first-order valence-corrected chi connectivity index (χ1v) is 21.0. The summed E-state index contributed by atoms with van der Waals surface area (Å²) in [6.07, 6.45) is 7.58. The van der Waals surface area contributed by atoms with Gasteiger partial charge < -0.3 is 29.6 Å². The van der Waals surface area contributed by atoms with Crippen LogP contribution in [0.15, 0.2) is 89.3 Å². The molecule has 8 rings (SSSR count). The number of rotatable bonds is 8. The molecule has 0 radical (unpaired) electrons. The first-order chi connectivity index (χ1) is 28.9. The fourth-order valence-electron chi connectivity index (χ4n) is 8.49. The molecule has 12 heteroatoms. The number of fused-ring (bicyclic) bond motifs is 2. The molecule has 1 aliphatic carbocycles. The van der Waals surface area contributed by atoms with Gasteiger partial charge in [-0.1, -0.05) is 52.5 Å². The lowest BCUT2D eigenvalue weighted by Gasteiger charge is -2.53. The van der Waals surface area contributed by atoms with E-state index in [1.807, 2.05) is 33.8 Å². The molecule has 0 unspecified atom stereocenters. The average Bonchev–Trinajstić information content (AvgIpc) is 3.88. The molecular formula is C48H53F2N5O5. The number of benzene rings is 2. The molecule has 4 aliphatic rings. The highest BCUT2D eigenvalue weighted by atomic mass is 19.1. The van der Waals surface area contributed by atoms with Crippen molar-refractivity contribution in [1.29, 1.82) is 0 Å². The number of hydrogen-bond acceptors (Lipinski definition) is 7. The van der Waals surface area contributed by atoms with Crippen LogP contribution in [-0.2, 0) is 24.0 Å². The van der Waals surface area contributed by atoms with Crippen LogP contribution in [0, 0.1) is 11.2 Å². The maximum atomic E-state index is 15.0. The van der Waals surface area contributed by atoms with E-state index in [1.165, 1.54) is 30.0 Å². The number of halogens is 2. The fourth-order valence-corrected chi connectivity index (χ4v) is 8.49. The first-order valence-electron chi connectivity index (χ1n) is 21.0. The van der Waals surface area contributed by atoms with Crippen LogP contribution >= 0.6 is 0 Å². The number of pyridine rings is 1. The summed E-state index contributed by atoms with van der Waals surface area (Å²) in [5, 5.41) is 5.68. The Morgan fingerprint density at radius 3 is 2.38 bits per heavy atom. The third-order valence-corrected chi connectivity index (χ3v) is 11.8. The molecule has 2 aromatic heterocycles. The van der Waals surface area contributed by atoms with Crippen LogP contribution in [-0.4, -0.2) is 60.5 Å². The van der Waals surface area contributed by atoms with Crippen LogP contribution in [0.25, 0.3) is 5.57 Å². The lowest BCUT2D eigenvalue weighted by Crippen LogP contribution is -2.59. The van der Waals surface area contributed by atoms with Crippen molar-refractivity contribution in [3.8, 4) is 0 Å². The molecule has 2 N–H and O–H groups in total. The van der Waals surface area contributed by atoms with E-state index in [0.717, 1.165) is 69.7 Å². The molecule has 2 aromatic carbocycles. The number of carbonyl (C=O) groups excluding carboxylic acids is 3. The Hall–Kier alpha value is -5.88. The Balaban J connectivity index is 0.00000268. The van der Waals surface area contributed by atoms with Crippen molar-refractivity contribution >= 4 is 40.5 Å². The number of anilines is 3. The van der Waals surface area contributed by atoms with E-state index in [0.29, 0.717) is 33.8 Å². The zero-order valence-electron chi connectivity index (χ0n) is 35.1. The molecule has 3 amide bonds. The Kier molecular flexibility index (Phi) is 12.5. The fraction of sp³-hybridized carbons (Fsp3) is 0.375. The standard InChI is InChI=1S/C46H47F2N5O5.C2H6/c1-5-32(47)24-38-28(4)41-31(23-39(58-41)44(55)51-40-34(27(2)3)9-7-10-36(40)48)16-19-53(38)45(56)29-12-14-33(15-13-29)49-43(54)35-22-30-8-6-11-37(30)50-42(35)52-25-46(26-52)17-20-57-21-18-46;1-2/h5,7,9-10,12-15,22-24,27H,4,6,8,11,16-21,25-26H2,1-3H3,(H,49,54)(H,51,55);1-2H3/b32-5+,38-24+;. The molecule has 4 aromatic rings. The Labute approximate surface area is 350 Å². The van der Waals surface area contributed by atoms with Gasteiger partial charge in [-0.25, -0.2) is 13.8 Å². The molecule has 3 aliphatic heterocycles. The normalized spacial score (nSPS) is 17.7. The van der Waals surface area contributed by atoms with Gasteiger partial charge in [0.05, 0.1) is 16.9 Å². The largest absolute Gasteiger partial charge is 0.451 e. The van der Waals surface area contributed by atoms with Gasteiger partial charge in [-0.3, -0.25) is 14.4 Å². The number of aromatic nitrogens is 1. The lowest BCUT2D eigenvalue weighted by atomic mass is 9.73. The topological polar surface area (TPSA) is 117 Å². The summed E-state index contributed by atoms with van der Waals surface area (Å²) < 4.78 is 41.4. The lowest BCUT2D eigenvalue weighted by molar-refractivity contribution is -0.000521. The molecular weight excluding hydrogens is 765 g/mol. The third kappa shape index (κ3) is 8.43. The smallest absolute Gasteiger partial charge is 0.291 e. The van der Waals surface area contributed by atoms with Crippen LogP contribution in [0.5, 0.6) is 0 Å². The van der Waals surface area contributed by atoms with Crippen LogP contribution < -0.4 is 15.5 Å². The molecule has 2 saturated heterocycles. The summed E-state index contributed by atoms with van der Waals surface area (Å²) in [7, 11) is 0. The van der Waals surface area contributed by atoms with Crippen molar-refractivity contribution in [3.05, 3.63) is 136 Å². The zero-order valence-corrected chi connectivity index (χ0v) is 35.1. The van der Waals surface area contributed by atoms with Crippen molar-refractivity contribution in [2.45, 2.75) is 79.1 Å². The number of allylic oxidation sites excluding steroid dienone is 4. The van der Waals surface area contributed by atoms with Crippen molar-refractivity contribution in [2.75, 3.05) is 48.4 Å². The Morgan fingerprint density at radius 2 is 1.68 bits per heavy atom. The van der Waals surface area contributed by atoms with E-state index in [1.54, 1.807) is 42.5 Å². The number of aryl methyl sites for hydroxylation is 2. The van der Waals surface area contributed by atoms with Crippen molar-refractivity contribution in [2.24, 2.45) is 5.41 Å². The second-order valence-corrected chi connectivity index (χ2v) is 16.0. The highest BCUT2D eigenvalue weighted by Crippen LogP contribution is 2.43. The summed E-state index contributed by atoms with van der Waals surface area (Å²) in [5.74, 6) is -1.66. The SMILES string of the molecule is C=C1/C(=C\C(F)=C/C)N(C(=O)c2ccc(NC(=O)c3cc4c(nc3N3CC5(CCOCC5)C3)CCC4)cc2)CCc2cc(C(=O)Nc3c(F)cccc3C(C)C)oc21.CC. The van der Waals surface area contributed by atoms with Gasteiger partial charge in [-0.15, -0.1) is 0 Å². The molecule has 1 spiro atoms. The molecule has 0 bridgehead atoms. The summed E-state index contributed by atoms with van der Waals surface area (Å²) >= 11 is 0. The molecule has 0 saturated carbocycles. The number of para-hydroxylation sites is 1. The summed E-state index contributed by atoms with van der Waals surface area (Å²) in [4.78, 5) is 50.1. The van der Waals surface area contributed by atoms with Crippen LogP contribution in [0.4, 0.5) is 26.0 Å². The Bertz CT molecular complexity index is 2370. The number of nitrogens with zero attached hydrogens (tertiary/aromatic N) is 3. The zero-order chi connectivity index (χ0) is 42.7. The van der Waals surface area contributed by atoms with Gasteiger partial charge >= 0.3 is 0 Å². The molecule has 314 valence electrons. The second-order valence-electron chi connectivity index (χ2n) is 16.0. The van der Waals surface area contributed by atoms with Crippen molar-refractivity contribution < 1.29 is 32.3 Å². The highest BCUT2D eigenvalue weighted by Gasteiger charge is 2.45. The minimum absolute atomic E-state index is 0.0480. The van der Waals surface area contributed by atoms with Gasteiger partial charge in [-0.2, -0.15) is 0 Å². The van der Waals surface area contributed by atoms with Gasteiger partial charge in [0, 0.05) is 66.3 Å². The van der Waals surface area contributed by atoms with Gasteiger partial charge in [0.2, 0.25) is 0 Å². The predicted octanol–water partition coefficient (Wildman–Crippen LogP) is 10.0. The summed E-state index contributed by atoms with van der Waals surface area (Å²) in [6, 6.07) is 14.7. The number of carbonyl (C=O) groups is 3. The van der Waals surface area contributed by atoms with E-state index in [9.17, 15) is 23.2 Å². The van der Waals surface area contributed by atoms with E-state index < -0.39 is 23.5 Å². The summed E-state index contributed by atoms with van der Waals surface area (Å²) in [5.41, 5.74) is 5.42. The highest BCUT2D eigenvalue weighted by molar-refractivity contribution is 6.08. The van der Waals surface area contributed by atoms with Gasteiger partial charge in [0.15, 0.2) is 5.76 Å². The molecule has 2 fully saturated rings. The van der Waals surface area contributed by atoms with Crippen LogP contribution in [0.3, 0.4) is 0 Å². The quantitative estimate of drug-likeness (QED) is 0.182. The van der Waals surface area contributed by atoms with Gasteiger partial charge in [0.25, 0.3) is 17.7 Å². The van der Waals surface area contributed by atoms with E-state index in [4.69, 9.17) is 14.1 Å². The summed E-state index contributed by atoms with van der Waals surface area (Å²) in [6.45, 7) is 16.9. The minimum Gasteiger partial charge on any atom is -0.451 e. The molecule has 10 nitrogen and oxygen atoms in total. The maximum absolute atomic E-state index is 15.0. The van der Waals surface area contributed by atoms with E-state index >= 15 is 0 Å². The molecule has 60 heavy (non-hydrogen) atoms. The van der Waals surface area contributed by atoms with Crippen molar-refractivity contribution in [1.82, 2.24) is 9.88 Å². The number of furan rings is 1. The van der Waals surface area contributed by atoms with Gasteiger partial charge in [-0.05, 0) is 111 Å². The number of nitrogens with one attached hydrogen (secondary N) is 2. The number of amides is 3. The molecule has 5 heterocycles. The second kappa shape index (κ2) is 17.8. The van der Waals surface area contributed by atoms with E-state index in [-0.39, 0.29) is 58.7 Å². The average molecular weight is 818 g/mol. The van der Waals surface area contributed by atoms with E-state index in [2.05, 4.69) is 22.1 Å². The third-order valence-electron chi connectivity index (χ3n) is 11.8. The van der Waals surface area contributed by atoms with Crippen LogP contribution in [0.1, 0.15) is 119 Å². The van der Waals surface area contributed by atoms with Crippen LogP contribution in [0.2, 0.25) is 0 Å². The number of ether oxygens (including phenoxy) is 1. The first kappa shape index (κ1) is 42.3. The monoisotopic (exact) mass is 817 g/mol. The minimum atomic E-state index is -0.647. The van der Waals surface area contributed by atoms with Gasteiger partial charge in [0.1, 0.15) is 23.2 Å². The van der Waals surface area contributed by atoms with Crippen molar-refractivity contribution in [3.63, 3.8) is 0 Å². The predicted molar refractivity (Wildman–Crippen MR) is 231 cm³/mol.